The van der Waals surface area contributed by atoms with Gasteiger partial charge in [0.2, 0.25) is 0 Å². The summed E-state index contributed by atoms with van der Waals surface area (Å²) >= 11 is 0. The molecule has 20 heavy (non-hydrogen) atoms. The summed E-state index contributed by atoms with van der Waals surface area (Å²) in [5, 5.41) is 8.80. The van der Waals surface area contributed by atoms with E-state index in [1.165, 1.54) is 0 Å². The van der Waals surface area contributed by atoms with Crippen LogP contribution >= 0.6 is 0 Å². The zero-order valence-electron chi connectivity index (χ0n) is 11.8. The number of aliphatic carboxylic acids is 1. The first-order valence-electron chi connectivity index (χ1n) is 7.09. The van der Waals surface area contributed by atoms with Crippen molar-refractivity contribution in [2.75, 3.05) is 39.4 Å². The number of carboxylic acids is 1. The second-order valence-electron chi connectivity index (χ2n) is 5.17. The minimum absolute atomic E-state index is 0.0366. The number of nitrogens with zero attached hydrogens (tertiary/aromatic N) is 2. The van der Waals surface area contributed by atoms with Crippen LogP contribution in [0.5, 0.6) is 0 Å². The number of carbonyl (C=O) groups is 2. The molecule has 2 unspecified atom stereocenters. The number of rotatable bonds is 3. The quantitative estimate of drug-likeness (QED) is 0.812. The van der Waals surface area contributed by atoms with Gasteiger partial charge in [0, 0.05) is 26.2 Å². The molecule has 2 heterocycles. The summed E-state index contributed by atoms with van der Waals surface area (Å²) in [6.45, 7) is 5.06. The Bertz CT molecular complexity index is 363. The van der Waals surface area contributed by atoms with Crippen LogP contribution in [0.1, 0.15) is 19.8 Å². The maximum atomic E-state index is 12.4. The fraction of sp³-hybridized carbons (Fsp3) is 0.846. The summed E-state index contributed by atoms with van der Waals surface area (Å²) in [7, 11) is 0. The maximum Gasteiger partial charge on any atom is 0.320 e. The molecule has 7 heteroatoms. The van der Waals surface area contributed by atoms with Gasteiger partial charge in [-0.2, -0.15) is 0 Å². The van der Waals surface area contributed by atoms with Gasteiger partial charge in [-0.15, -0.1) is 0 Å². The van der Waals surface area contributed by atoms with Gasteiger partial charge in [-0.05, 0) is 6.42 Å². The lowest BCUT2D eigenvalue weighted by molar-refractivity contribution is -0.141. The number of hydrogen-bond acceptors (Lipinski definition) is 4. The monoisotopic (exact) mass is 286 g/mol. The summed E-state index contributed by atoms with van der Waals surface area (Å²) in [4.78, 5) is 26.6. The number of ether oxygens (including phenoxy) is 2. The molecular weight excluding hydrogens is 264 g/mol. The number of carbonyl (C=O) groups excluding carboxylic acids is 1. The van der Waals surface area contributed by atoms with Crippen molar-refractivity contribution in [3.05, 3.63) is 0 Å². The molecule has 2 aliphatic heterocycles. The lowest BCUT2D eigenvalue weighted by Gasteiger charge is -2.39. The second-order valence-corrected chi connectivity index (χ2v) is 5.17. The summed E-state index contributed by atoms with van der Waals surface area (Å²) in [5.74, 6) is -0.901. The summed E-state index contributed by atoms with van der Waals surface area (Å²) in [5.41, 5.74) is 0. The molecule has 114 valence electrons. The van der Waals surface area contributed by atoms with Crippen LogP contribution in [0.25, 0.3) is 0 Å². The normalized spacial score (nSPS) is 27.4. The van der Waals surface area contributed by atoms with Crippen molar-refractivity contribution < 1.29 is 24.2 Å². The predicted molar refractivity (Wildman–Crippen MR) is 70.6 cm³/mol. The molecule has 0 aromatic carbocycles. The van der Waals surface area contributed by atoms with Crippen molar-refractivity contribution in [1.29, 1.82) is 0 Å². The van der Waals surface area contributed by atoms with Crippen LogP contribution in [0.4, 0.5) is 4.79 Å². The lowest BCUT2D eigenvalue weighted by Crippen LogP contribution is -2.55. The molecule has 2 saturated heterocycles. The van der Waals surface area contributed by atoms with E-state index in [1.54, 1.807) is 9.80 Å². The Morgan fingerprint density at radius 1 is 1.10 bits per heavy atom. The molecule has 0 saturated carbocycles. The van der Waals surface area contributed by atoms with Crippen LogP contribution < -0.4 is 0 Å². The molecule has 0 bridgehead atoms. The van der Waals surface area contributed by atoms with E-state index in [0.29, 0.717) is 39.4 Å². The Hall–Kier alpha value is -1.34. The molecule has 0 radical (unpaired) electrons. The van der Waals surface area contributed by atoms with E-state index in [0.717, 1.165) is 6.42 Å². The Labute approximate surface area is 118 Å². The highest BCUT2D eigenvalue weighted by Gasteiger charge is 2.31. The van der Waals surface area contributed by atoms with Crippen molar-refractivity contribution in [2.45, 2.75) is 32.0 Å². The molecule has 2 fully saturated rings. The van der Waals surface area contributed by atoms with Gasteiger partial charge in [0.15, 0.2) is 0 Å². The van der Waals surface area contributed by atoms with E-state index < -0.39 is 12.1 Å². The lowest BCUT2D eigenvalue weighted by atomic mass is 10.2. The Morgan fingerprint density at radius 3 is 2.20 bits per heavy atom. The largest absolute Gasteiger partial charge is 0.481 e. The average molecular weight is 286 g/mol. The van der Waals surface area contributed by atoms with Crippen LogP contribution in [0, 0.1) is 0 Å². The standard InChI is InChI=1S/C13H22N2O5/c1-2-10-8-14(3-5-19-10)13(18)15-4-6-20-11(9-15)7-12(16)17/h10-11H,2-9H2,1H3,(H,16,17). The van der Waals surface area contributed by atoms with Crippen molar-refractivity contribution >= 4 is 12.0 Å². The van der Waals surface area contributed by atoms with Crippen molar-refractivity contribution in [3.63, 3.8) is 0 Å². The number of amides is 2. The number of morpholine rings is 2. The molecular formula is C13H22N2O5. The van der Waals surface area contributed by atoms with E-state index in [9.17, 15) is 9.59 Å². The van der Waals surface area contributed by atoms with Gasteiger partial charge >= 0.3 is 12.0 Å². The van der Waals surface area contributed by atoms with Gasteiger partial charge in [-0.25, -0.2) is 4.79 Å². The molecule has 2 rings (SSSR count). The third kappa shape index (κ3) is 3.83. The van der Waals surface area contributed by atoms with Crippen LogP contribution in [0.15, 0.2) is 0 Å². The summed E-state index contributed by atoms with van der Waals surface area (Å²) < 4.78 is 10.9. The van der Waals surface area contributed by atoms with Crippen LogP contribution in [-0.4, -0.2) is 78.5 Å². The van der Waals surface area contributed by atoms with Crippen molar-refractivity contribution in [1.82, 2.24) is 9.80 Å². The molecule has 2 atom stereocenters. The summed E-state index contributed by atoms with van der Waals surface area (Å²) in [6.07, 6.45) is 0.510. The SMILES string of the molecule is CCC1CN(C(=O)N2CCOC(CC(=O)O)C2)CCO1. The number of urea groups is 1. The van der Waals surface area contributed by atoms with Gasteiger partial charge in [-0.1, -0.05) is 6.92 Å². The van der Waals surface area contributed by atoms with E-state index in [1.807, 2.05) is 6.92 Å². The molecule has 0 aliphatic carbocycles. The van der Waals surface area contributed by atoms with Crippen LogP contribution in [-0.2, 0) is 14.3 Å². The Kier molecular flexibility index (Phi) is 5.19. The van der Waals surface area contributed by atoms with Gasteiger partial charge in [0.05, 0.1) is 31.8 Å². The highest BCUT2D eigenvalue weighted by molar-refractivity contribution is 5.75. The van der Waals surface area contributed by atoms with E-state index in [-0.39, 0.29) is 18.6 Å². The van der Waals surface area contributed by atoms with E-state index >= 15 is 0 Å². The Balaban J connectivity index is 1.89. The highest BCUT2D eigenvalue weighted by Crippen LogP contribution is 2.14. The fourth-order valence-corrected chi connectivity index (χ4v) is 2.55. The molecule has 0 spiro atoms. The highest BCUT2D eigenvalue weighted by atomic mass is 16.5. The third-order valence-electron chi connectivity index (χ3n) is 3.68. The van der Waals surface area contributed by atoms with Crippen molar-refractivity contribution in [3.8, 4) is 0 Å². The Morgan fingerprint density at radius 2 is 1.65 bits per heavy atom. The molecule has 0 aromatic heterocycles. The molecule has 2 amide bonds. The second kappa shape index (κ2) is 6.90. The summed E-state index contributed by atoms with van der Waals surface area (Å²) in [6, 6.07) is -0.0366. The first kappa shape index (κ1) is 15.1. The zero-order valence-corrected chi connectivity index (χ0v) is 11.8. The number of hydrogen-bond donors (Lipinski definition) is 1. The molecule has 7 nitrogen and oxygen atoms in total. The topological polar surface area (TPSA) is 79.3 Å². The number of carboxylic acid groups (broad SMARTS) is 1. The van der Waals surface area contributed by atoms with Gasteiger partial charge in [0.25, 0.3) is 0 Å². The first-order valence-corrected chi connectivity index (χ1v) is 7.09. The van der Waals surface area contributed by atoms with Crippen molar-refractivity contribution in [2.24, 2.45) is 0 Å². The predicted octanol–water partition coefficient (Wildman–Crippen LogP) is 0.393. The fourth-order valence-electron chi connectivity index (χ4n) is 2.55. The average Bonchev–Trinajstić information content (AvgIpc) is 2.46. The van der Waals surface area contributed by atoms with E-state index in [2.05, 4.69) is 0 Å². The first-order chi connectivity index (χ1) is 9.60. The third-order valence-corrected chi connectivity index (χ3v) is 3.68. The van der Waals surface area contributed by atoms with Gasteiger partial charge in [-0.3, -0.25) is 4.79 Å². The van der Waals surface area contributed by atoms with Gasteiger partial charge in [0.1, 0.15) is 0 Å². The van der Waals surface area contributed by atoms with Gasteiger partial charge < -0.3 is 24.4 Å². The molecule has 1 N–H and O–H groups in total. The van der Waals surface area contributed by atoms with E-state index in [4.69, 9.17) is 14.6 Å². The zero-order chi connectivity index (χ0) is 14.5. The smallest absolute Gasteiger partial charge is 0.320 e. The van der Waals surface area contributed by atoms with Crippen LogP contribution in [0.2, 0.25) is 0 Å². The van der Waals surface area contributed by atoms with Crippen LogP contribution in [0.3, 0.4) is 0 Å². The minimum Gasteiger partial charge on any atom is -0.481 e. The molecule has 2 aliphatic rings. The maximum absolute atomic E-state index is 12.4. The molecule has 0 aromatic rings. The minimum atomic E-state index is -0.901.